The minimum Gasteiger partial charge on any atom is -0.274 e. The Hall–Kier alpha value is -1.84. The van der Waals surface area contributed by atoms with E-state index in [1.807, 2.05) is 18.2 Å². The molecule has 5 rings (SSSR count). The second-order valence-electron chi connectivity index (χ2n) is 7.60. The molecule has 5 atom stereocenters. The Balaban J connectivity index is 1.51. The number of hydrogen-bond acceptors (Lipinski definition) is 2. The molecule has 0 radical (unpaired) electrons. The summed E-state index contributed by atoms with van der Waals surface area (Å²) in [6, 6.07) is 15.2. The van der Waals surface area contributed by atoms with E-state index < -0.39 is 0 Å². The van der Waals surface area contributed by atoms with Crippen LogP contribution >= 0.6 is 23.2 Å². The van der Waals surface area contributed by atoms with E-state index in [1.54, 1.807) is 18.2 Å². The molecule has 132 valence electrons. The van der Waals surface area contributed by atoms with Gasteiger partial charge in [-0.1, -0.05) is 53.5 Å². The highest BCUT2D eigenvalue weighted by atomic mass is 35.5. The number of benzene rings is 2. The molecule has 2 amide bonds. The smallest absolute Gasteiger partial charge is 0.237 e. The molecule has 0 unspecified atom stereocenters. The lowest BCUT2D eigenvalue weighted by molar-refractivity contribution is -0.123. The molecule has 3 fully saturated rings. The molecule has 26 heavy (non-hydrogen) atoms. The van der Waals surface area contributed by atoms with Gasteiger partial charge in [-0.15, -0.1) is 0 Å². The fraction of sp³-hybridized carbons (Fsp3) is 0.333. The molecule has 2 aliphatic carbocycles. The van der Waals surface area contributed by atoms with Gasteiger partial charge in [-0.05, 0) is 54.4 Å². The lowest BCUT2D eigenvalue weighted by Gasteiger charge is -2.28. The van der Waals surface area contributed by atoms with E-state index in [0.29, 0.717) is 21.7 Å². The van der Waals surface area contributed by atoms with E-state index in [1.165, 1.54) is 10.5 Å². The van der Waals surface area contributed by atoms with Gasteiger partial charge >= 0.3 is 0 Å². The first-order chi connectivity index (χ1) is 12.5. The van der Waals surface area contributed by atoms with Crippen molar-refractivity contribution in [3.05, 3.63) is 64.1 Å². The summed E-state index contributed by atoms with van der Waals surface area (Å²) in [5.41, 5.74) is 1.77. The summed E-state index contributed by atoms with van der Waals surface area (Å²) >= 11 is 12.2. The maximum absolute atomic E-state index is 13.2. The van der Waals surface area contributed by atoms with Crippen molar-refractivity contribution < 1.29 is 9.59 Å². The van der Waals surface area contributed by atoms with Crippen molar-refractivity contribution in [2.75, 3.05) is 4.90 Å². The Labute approximate surface area is 161 Å². The van der Waals surface area contributed by atoms with E-state index in [0.717, 1.165) is 12.8 Å². The highest BCUT2D eigenvalue weighted by Gasteiger charge is 2.64. The van der Waals surface area contributed by atoms with Crippen LogP contribution in [0.3, 0.4) is 0 Å². The fourth-order valence-electron chi connectivity index (χ4n) is 5.47. The van der Waals surface area contributed by atoms with Crippen LogP contribution < -0.4 is 4.90 Å². The van der Waals surface area contributed by atoms with Crippen LogP contribution in [0.2, 0.25) is 10.0 Å². The largest absolute Gasteiger partial charge is 0.274 e. The van der Waals surface area contributed by atoms with E-state index in [9.17, 15) is 9.59 Å². The first kappa shape index (κ1) is 16.3. The molecule has 2 aromatic carbocycles. The Kier molecular flexibility index (Phi) is 3.67. The molecule has 0 N–H and O–H groups in total. The van der Waals surface area contributed by atoms with Gasteiger partial charge in [0.2, 0.25) is 11.8 Å². The monoisotopic (exact) mass is 385 g/mol. The molecular weight excluding hydrogens is 369 g/mol. The van der Waals surface area contributed by atoms with Crippen LogP contribution in [0.25, 0.3) is 0 Å². The van der Waals surface area contributed by atoms with Gasteiger partial charge in [0.1, 0.15) is 0 Å². The summed E-state index contributed by atoms with van der Waals surface area (Å²) in [7, 11) is 0. The minimum absolute atomic E-state index is 0.0858. The Morgan fingerprint density at radius 3 is 2.19 bits per heavy atom. The second-order valence-corrected chi connectivity index (χ2v) is 8.48. The predicted molar refractivity (Wildman–Crippen MR) is 101 cm³/mol. The van der Waals surface area contributed by atoms with E-state index in [2.05, 4.69) is 12.1 Å². The quantitative estimate of drug-likeness (QED) is 0.687. The van der Waals surface area contributed by atoms with Crippen molar-refractivity contribution in [3.8, 4) is 0 Å². The average Bonchev–Trinajstić information content (AvgIpc) is 3.26. The topological polar surface area (TPSA) is 37.4 Å². The van der Waals surface area contributed by atoms with Crippen molar-refractivity contribution in [3.63, 3.8) is 0 Å². The van der Waals surface area contributed by atoms with Crippen LogP contribution in [0.4, 0.5) is 5.69 Å². The zero-order valence-electron chi connectivity index (χ0n) is 13.9. The molecule has 2 saturated carbocycles. The standard InChI is InChI=1S/C21H17Cl2NO2/c22-13-8-14(23)10-15(9-13)24-20(25)18-12-6-16(11-4-2-1-3-5-11)17(7-12)19(18)21(24)26/h1-5,8-10,12,16-19H,6-7H2/t12-,16+,17+,18+,19-/m1/s1. The van der Waals surface area contributed by atoms with Gasteiger partial charge in [0.15, 0.2) is 0 Å². The van der Waals surface area contributed by atoms with Gasteiger partial charge < -0.3 is 0 Å². The van der Waals surface area contributed by atoms with Crippen molar-refractivity contribution in [1.82, 2.24) is 0 Å². The highest BCUT2D eigenvalue weighted by Crippen LogP contribution is 2.61. The van der Waals surface area contributed by atoms with Crippen LogP contribution in [0.15, 0.2) is 48.5 Å². The zero-order chi connectivity index (χ0) is 18.0. The molecule has 2 bridgehead atoms. The maximum Gasteiger partial charge on any atom is 0.237 e. The third-order valence-corrected chi connectivity index (χ3v) is 6.79. The summed E-state index contributed by atoms with van der Waals surface area (Å²) in [5.74, 6) is 0.301. The molecule has 0 aromatic heterocycles. The molecule has 1 saturated heterocycles. The number of fused-ring (bicyclic) bond motifs is 5. The molecule has 1 heterocycles. The number of anilines is 1. The summed E-state index contributed by atoms with van der Waals surface area (Å²) in [6.45, 7) is 0. The van der Waals surface area contributed by atoms with Gasteiger partial charge in [0.25, 0.3) is 0 Å². The first-order valence-corrected chi connectivity index (χ1v) is 9.69. The molecule has 3 nitrogen and oxygen atoms in total. The molecule has 0 spiro atoms. The summed E-state index contributed by atoms with van der Waals surface area (Å²) < 4.78 is 0. The number of rotatable bonds is 2. The fourth-order valence-corrected chi connectivity index (χ4v) is 5.98. The molecular formula is C21H17Cl2NO2. The zero-order valence-corrected chi connectivity index (χ0v) is 15.5. The summed E-state index contributed by atoms with van der Waals surface area (Å²) in [5, 5.41) is 0.852. The van der Waals surface area contributed by atoms with Crippen LogP contribution in [0.5, 0.6) is 0 Å². The van der Waals surface area contributed by atoms with E-state index in [-0.39, 0.29) is 35.5 Å². The van der Waals surface area contributed by atoms with Crippen LogP contribution in [-0.2, 0) is 9.59 Å². The third kappa shape index (κ3) is 2.27. The van der Waals surface area contributed by atoms with Crippen LogP contribution in [0, 0.1) is 23.7 Å². The first-order valence-electron chi connectivity index (χ1n) is 8.93. The number of hydrogen-bond donors (Lipinski definition) is 0. The number of amides is 2. The summed E-state index contributed by atoms with van der Waals surface area (Å²) in [4.78, 5) is 27.6. The Morgan fingerprint density at radius 2 is 1.50 bits per heavy atom. The van der Waals surface area contributed by atoms with Gasteiger partial charge in [0.05, 0.1) is 17.5 Å². The molecule has 5 heteroatoms. The lowest BCUT2D eigenvalue weighted by atomic mass is 9.73. The number of nitrogens with zero attached hydrogens (tertiary/aromatic N) is 1. The van der Waals surface area contributed by atoms with Crippen molar-refractivity contribution in [2.45, 2.75) is 18.8 Å². The number of imide groups is 1. The van der Waals surface area contributed by atoms with Crippen LogP contribution in [0.1, 0.15) is 24.3 Å². The number of halogens is 2. The van der Waals surface area contributed by atoms with Crippen molar-refractivity contribution >= 4 is 40.7 Å². The molecule has 2 aromatic rings. The van der Waals surface area contributed by atoms with E-state index >= 15 is 0 Å². The number of carbonyl (C=O) groups excluding carboxylic acids is 2. The Morgan fingerprint density at radius 1 is 0.846 bits per heavy atom. The SMILES string of the molecule is O=C1[C@@H]2[C@H]3C[C@@H](C[C@H]3c3ccccc3)[C@@H]2C(=O)N1c1cc(Cl)cc(Cl)c1. The number of carbonyl (C=O) groups is 2. The molecule has 3 aliphatic rings. The van der Waals surface area contributed by atoms with E-state index in [4.69, 9.17) is 23.2 Å². The predicted octanol–water partition coefficient (Wildman–Crippen LogP) is 4.92. The second kappa shape index (κ2) is 5.83. The maximum atomic E-state index is 13.2. The van der Waals surface area contributed by atoms with Gasteiger partial charge in [-0.3, -0.25) is 9.59 Å². The lowest BCUT2D eigenvalue weighted by Crippen LogP contribution is -2.33. The van der Waals surface area contributed by atoms with Crippen molar-refractivity contribution in [1.29, 1.82) is 0 Å². The third-order valence-electron chi connectivity index (χ3n) is 6.35. The van der Waals surface area contributed by atoms with Gasteiger partial charge in [0, 0.05) is 10.0 Å². The van der Waals surface area contributed by atoms with Crippen LogP contribution in [-0.4, -0.2) is 11.8 Å². The minimum atomic E-state index is -0.218. The van der Waals surface area contributed by atoms with Gasteiger partial charge in [-0.2, -0.15) is 0 Å². The van der Waals surface area contributed by atoms with Crippen molar-refractivity contribution in [2.24, 2.45) is 23.7 Å². The van der Waals surface area contributed by atoms with Gasteiger partial charge in [-0.25, -0.2) is 4.90 Å². The molecule has 1 aliphatic heterocycles. The average molecular weight is 386 g/mol. The Bertz CT molecular complexity index is 893. The highest BCUT2D eigenvalue weighted by molar-refractivity contribution is 6.35. The summed E-state index contributed by atoms with van der Waals surface area (Å²) in [6.07, 6.45) is 1.95. The normalized spacial score (nSPS) is 32.4.